The Morgan fingerprint density at radius 1 is 1.17 bits per heavy atom. The number of H-pyrrole nitrogens is 1. The van der Waals surface area contributed by atoms with Gasteiger partial charge in [-0.15, -0.1) is 0 Å². The van der Waals surface area contributed by atoms with E-state index in [1.54, 1.807) is 6.20 Å². The number of hydrogen-bond acceptors (Lipinski definition) is 4. The van der Waals surface area contributed by atoms with Gasteiger partial charge in [0, 0.05) is 23.2 Å². The fourth-order valence-electron chi connectivity index (χ4n) is 3.07. The first-order chi connectivity index (χ1) is 11.8. The van der Waals surface area contributed by atoms with E-state index in [1.165, 1.54) is 18.2 Å². The average Bonchev–Trinajstić information content (AvgIpc) is 3.36. The lowest BCUT2D eigenvalue weighted by molar-refractivity contribution is 1.05. The number of nitrogens with zero attached hydrogens (tertiary/aromatic N) is 3. The van der Waals surface area contributed by atoms with Crippen LogP contribution in [0.1, 0.15) is 24.5 Å². The van der Waals surface area contributed by atoms with Crippen LogP contribution in [0.5, 0.6) is 0 Å². The van der Waals surface area contributed by atoms with E-state index in [0.29, 0.717) is 16.9 Å². The lowest BCUT2D eigenvalue weighted by Gasteiger charge is -2.09. The Bertz CT molecular complexity index is 1070. The first-order valence-electron chi connectivity index (χ1n) is 7.94. The highest BCUT2D eigenvalue weighted by Gasteiger charge is 2.27. The molecule has 5 nitrogen and oxygen atoms in total. The third-order valence-electron chi connectivity index (χ3n) is 4.38. The summed E-state index contributed by atoms with van der Waals surface area (Å²) in [6.45, 7) is 0. The highest BCUT2D eigenvalue weighted by Crippen LogP contribution is 2.43. The maximum Gasteiger partial charge on any atom is 0.178 e. The number of nitrogens with one attached hydrogen (secondary N) is 2. The molecular formula is C18H14ClN5. The Hall–Kier alpha value is -2.66. The van der Waals surface area contributed by atoms with Crippen molar-refractivity contribution in [2.75, 3.05) is 5.32 Å². The first kappa shape index (κ1) is 13.7. The Morgan fingerprint density at radius 2 is 2.08 bits per heavy atom. The lowest BCUT2D eigenvalue weighted by Crippen LogP contribution is -1.94. The molecule has 1 fully saturated rings. The normalized spacial score (nSPS) is 14.4. The van der Waals surface area contributed by atoms with Crippen molar-refractivity contribution in [1.29, 1.82) is 0 Å². The largest absolute Gasteiger partial charge is 0.337 e. The number of rotatable bonds is 3. The molecule has 0 saturated heterocycles. The third kappa shape index (κ3) is 2.29. The van der Waals surface area contributed by atoms with Crippen molar-refractivity contribution < 1.29 is 0 Å². The van der Waals surface area contributed by atoms with E-state index < -0.39 is 0 Å². The number of pyridine rings is 2. The second-order valence-corrected chi connectivity index (χ2v) is 6.52. The van der Waals surface area contributed by atoms with Gasteiger partial charge < -0.3 is 5.32 Å². The summed E-state index contributed by atoms with van der Waals surface area (Å²) in [4.78, 5) is 8.90. The van der Waals surface area contributed by atoms with Crippen molar-refractivity contribution in [3.63, 3.8) is 0 Å². The van der Waals surface area contributed by atoms with E-state index in [0.717, 1.165) is 27.8 Å². The minimum atomic E-state index is 0.549. The van der Waals surface area contributed by atoms with Gasteiger partial charge in [-0.2, -0.15) is 5.10 Å². The van der Waals surface area contributed by atoms with Crippen LogP contribution >= 0.6 is 11.6 Å². The van der Waals surface area contributed by atoms with Crippen molar-refractivity contribution >= 4 is 44.9 Å². The third-order valence-corrected chi connectivity index (χ3v) is 4.57. The molecule has 118 valence electrons. The number of halogens is 1. The molecule has 1 aromatic carbocycles. The monoisotopic (exact) mass is 335 g/mol. The highest BCUT2D eigenvalue weighted by atomic mass is 35.5. The maximum atomic E-state index is 6.21. The maximum absolute atomic E-state index is 6.21. The second-order valence-electron chi connectivity index (χ2n) is 6.14. The SMILES string of the molecule is Clc1cc2cc(Nc3n[nH]c4cccnc34)ccc2c(C2CC2)n1. The molecule has 0 radical (unpaired) electrons. The van der Waals surface area contributed by atoms with Gasteiger partial charge in [0.1, 0.15) is 10.7 Å². The molecule has 24 heavy (non-hydrogen) atoms. The Kier molecular flexibility index (Phi) is 2.97. The topological polar surface area (TPSA) is 66.5 Å². The minimum absolute atomic E-state index is 0.549. The van der Waals surface area contributed by atoms with Crippen LogP contribution in [0.15, 0.2) is 42.6 Å². The minimum Gasteiger partial charge on any atom is -0.337 e. The van der Waals surface area contributed by atoms with E-state index in [4.69, 9.17) is 11.6 Å². The summed E-state index contributed by atoms with van der Waals surface area (Å²) < 4.78 is 0. The summed E-state index contributed by atoms with van der Waals surface area (Å²) in [6.07, 6.45) is 4.16. The van der Waals surface area contributed by atoms with Crippen molar-refractivity contribution in [3.05, 3.63) is 53.4 Å². The number of anilines is 2. The molecule has 5 rings (SSSR count). The molecule has 0 spiro atoms. The number of aromatic nitrogens is 4. The molecular weight excluding hydrogens is 322 g/mol. The van der Waals surface area contributed by atoms with Crippen LogP contribution in [0.2, 0.25) is 5.15 Å². The summed E-state index contributed by atoms with van der Waals surface area (Å²) in [7, 11) is 0. The van der Waals surface area contributed by atoms with E-state index in [1.807, 2.05) is 24.3 Å². The van der Waals surface area contributed by atoms with Gasteiger partial charge in [0.05, 0.1) is 11.2 Å². The average molecular weight is 336 g/mol. The molecule has 1 aliphatic carbocycles. The molecule has 1 saturated carbocycles. The lowest BCUT2D eigenvalue weighted by atomic mass is 10.1. The predicted molar refractivity (Wildman–Crippen MR) is 95.9 cm³/mol. The quantitative estimate of drug-likeness (QED) is 0.529. The Morgan fingerprint density at radius 3 is 2.96 bits per heavy atom. The van der Waals surface area contributed by atoms with Gasteiger partial charge >= 0.3 is 0 Å². The van der Waals surface area contributed by atoms with Crippen LogP contribution in [0.3, 0.4) is 0 Å². The summed E-state index contributed by atoms with van der Waals surface area (Å²) in [6, 6.07) is 12.0. The van der Waals surface area contributed by atoms with Crippen LogP contribution in [0.4, 0.5) is 11.5 Å². The molecule has 0 bridgehead atoms. The van der Waals surface area contributed by atoms with Gasteiger partial charge in [0.2, 0.25) is 0 Å². The fourth-order valence-corrected chi connectivity index (χ4v) is 3.28. The van der Waals surface area contributed by atoms with E-state index in [9.17, 15) is 0 Å². The number of fused-ring (bicyclic) bond motifs is 2. The fraction of sp³-hybridized carbons (Fsp3) is 0.167. The van der Waals surface area contributed by atoms with Gasteiger partial charge in [-0.3, -0.25) is 10.1 Å². The predicted octanol–water partition coefficient (Wildman–Crippen LogP) is 4.78. The van der Waals surface area contributed by atoms with Crippen molar-refractivity contribution in [2.24, 2.45) is 0 Å². The molecule has 0 amide bonds. The van der Waals surface area contributed by atoms with Crippen LogP contribution in [-0.2, 0) is 0 Å². The summed E-state index contributed by atoms with van der Waals surface area (Å²) >= 11 is 6.21. The molecule has 6 heteroatoms. The molecule has 0 unspecified atom stereocenters. The summed E-state index contributed by atoms with van der Waals surface area (Å²) in [5, 5.41) is 13.4. The molecule has 0 atom stereocenters. The zero-order valence-corrected chi connectivity index (χ0v) is 13.5. The van der Waals surface area contributed by atoms with Crippen LogP contribution < -0.4 is 5.32 Å². The first-order valence-corrected chi connectivity index (χ1v) is 8.32. The molecule has 4 aromatic rings. The van der Waals surface area contributed by atoms with Crippen molar-refractivity contribution in [1.82, 2.24) is 20.2 Å². The van der Waals surface area contributed by atoms with Gasteiger partial charge in [-0.1, -0.05) is 17.7 Å². The smallest absolute Gasteiger partial charge is 0.178 e. The highest BCUT2D eigenvalue weighted by molar-refractivity contribution is 6.30. The van der Waals surface area contributed by atoms with E-state index >= 15 is 0 Å². The van der Waals surface area contributed by atoms with E-state index in [-0.39, 0.29) is 0 Å². The van der Waals surface area contributed by atoms with Crippen LogP contribution in [0, 0.1) is 0 Å². The van der Waals surface area contributed by atoms with Crippen LogP contribution in [-0.4, -0.2) is 20.2 Å². The number of benzene rings is 1. The van der Waals surface area contributed by atoms with Crippen molar-refractivity contribution in [2.45, 2.75) is 18.8 Å². The Labute approximate surface area is 143 Å². The van der Waals surface area contributed by atoms with Crippen LogP contribution in [0.25, 0.3) is 21.8 Å². The van der Waals surface area contributed by atoms with Gasteiger partial charge in [-0.05, 0) is 48.6 Å². The standard InChI is InChI=1S/C18H14ClN5/c19-15-9-11-8-12(5-6-13(11)16(22-15)10-3-4-10)21-18-17-14(23-24-18)2-1-7-20-17/h1-2,5-10H,3-4H2,(H2,21,23,24). The number of aromatic amines is 1. The zero-order chi connectivity index (χ0) is 16.1. The van der Waals surface area contributed by atoms with E-state index in [2.05, 4.69) is 37.6 Å². The zero-order valence-electron chi connectivity index (χ0n) is 12.8. The summed E-state index contributed by atoms with van der Waals surface area (Å²) in [5.41, 5.74) is 3.80. The number of hydrogen-bond donors (Lipinski definition) is 2. The summed E-state index contributed by atoms with van der Waals surface area (Å²) in [5.74, 6) is 1.28. The van der Waals surface area contributed by atoms with Gasteiger partial charge in [-0.25, -0.2) is 4.98 Å². The molecule has 2 N–H and O–H groups in total. The Balaban J connectivity index is 1.58. The molecule has 3 heterocycles. The molecule has 1 aliphatic rings. The molecule has 3 aromatic heterocycles. The van der Waals surface area contributed by atoms with Crippen molar-refractivity contribution in [3.8, 4) is 0 Å². The second kappa shape index (κ2) is 5.18. The van der Waals surface area contributed by atoms with Gasteiger partial charge in [0.15, 0.2) is 5.82 Å². The van der Waals surface area contributed by atoms with Gasteiger partial charge in [0.25, 0.3) is 0 Å². The molecule has 0 aliphatic heterocycles.